The zero-order valence-corrected chi connectivity index (χ0v) is 9.19. The minimum Gasteiger partial charge on any atom is -0.303 e. The molecule has 0 amide bonds. The number of aromatic nitrogens is 3. The highest BCUT2D eigenvalue weighted by molar-refractivity contribution is 7.45. The standard InChI is InChI=1S/C5H8N6.H3O4P/c1-2-4(9-11-6)5-7-3-8-10-5;1-5(2,3)4/h3-4H,2H2,1H3,(H,7,8,10);(H3,1,2,3,4). The Bertz CT molecular complexity index is 373. The second-order valence-electron chi connectivity index (χ2n) is 2.50. The summed E-state index contributed by atoms with van der Waals surface area (Å²) < 4.78 is 8.88. The molecule has 0 aliphatic rings. The number of nitrogens with one attached hydrogen (secondary N) is 1. The minimum atomic E-state index is -4.64. The van der Waals surface area contributed by atoms with Crippen molar-refractivity contribution < 1.29 is 19.2 Å². The van der Waals surface area contributed by atoms with Gasteiger partial charge in [0.25, 0.3) is 0 Å². The molecular formula is C5H11N6O4P. The van der Waals surface area contributed by atoms with E-state index in [0.29, 0.717) is 12.2 Å². The number of phosphoric acid groups is 1. The number of aromatic amines is 1. The highest BCUT2D eigenvalue weighted by Crippen LogP contribution is 2.25. The van der Waals surface area contributed by atoms with Gasteiger partial charge in [0.15, 0.2) is 5.82 Å². The predicted molar refractivity (Wildman–Crippen MR) is 52.8 cm³/mol. The Morgan fingerprint density at radius 1 is 1.69 bits per heavy atom. The number of rotatable bonds is 3. The van der Waals surface area contributed by atoms with Crippen molar-refractivity contribution in [3.8, 4) is 0 Å². The highest BCUT2D eigenvalue weighted by Gasteiger charge is 2.09. The molecule has 1 aromatic heterocycles. The largest absolute Gasteiger partial charge is 0.466 e. The van der Waals surface area contributed by atoms with Crippen LogP contribution in [0.25, 0.3) is 10.4 Å². The molecule has 16 heavy (non-hydrogen) atoms. The highest BCUT2D eigenvalue weighted by atomic mass is 31.2. The summed E-state index contributed by atoms with van der Waals surface area (Å²) in [6, 6.07) is -0.244. The first kappa shape index (κ1) is 14.6. The van der Waals surface area contributed by atoms with Crippen molar-refractivity contribution >= 4 is 7.82 Å². The molecule has 10 nitrogen and oxygen atoms in total. The van der Waals surface area contributed by atoms with Crippen LogP contribution in [0.3, 0.4) is 0 Å². The Kier molecular flexibility index (Phi) is 6.31. The van der Waals surface area contributed by atoms with E-state index in [1.807, 2.05) is 6.92 Å². The third-order valence-electron chi connectivity index (χ3n) is 1.31. The Hall–Kier alpha value is -1.44. The summed E-state index contributed by atoms with van der Waals surface area (Å²) in [5.41, 5.74) is 8.16. The van der Waals surface area contributed by atoms with E-state index in [0.717, 1.165) is 0 Å². The molecule has 0 spiro atoms. The molecule has 0 saturated carbocycles. The van der Waals surface area contributed by atoms with E-state index in [2.05, 4.69) is 25.2 Å². The van der Waals surface area contributed by atoms with Gasteiger partial charge in [-0.1, -0.05) is 12.0 Å². The maximum atomic E-state index is 8.88. The van der Waals surface area contributed by atoms with Gasteiger partial charge in [0.05, 0.1) is 6.04 Å². The fourth-order valence-corrected chi connectivity index (χ4v) is 0.758. The van der Waals surface area contributed by atoms with Crippen LogP contribution in [0.15, 0.2) is 11.4 Å². The van der Waals surface area contributed by atoms with Crippen LogP contribution in [0.5, 0.6) is 0 Å². The van der Waals surface area contributed by atoms with Crippen LogP contribution >= 0.6 is 7.82 Å². The van der Waals surface area contributed by atoms with Gasteiger partial charge in [-0.2, -0.15) is 5.10 Å². The molecule has 0 saturated heterocycles. The fourth-order valence-electron chi connectivity index (χ4n) is 0.758. The minimum absolute atomic E-state index is 0.244. The number of H-pyrrole nitrogens is 1. The lowest BCUT2D eigenvalue weighted by Crippen LogP contribution is -1.94. The van der Waals surface area contributed by atoms with Crippen molar-refractivity contribution in [1.29, 1.82) is 0 Å². The molecule has 90 valence electrons. The summed E-state index contributed by atoms with van der Waals surface area (Å²) in [4.78, 5) is 28.1. The lowest BCUT2D eigenvalue weighted by atomic mass is 10.2. The molecule has 1 unspecified atom stereocenters. The van der Waals surface area contributed by atoms with Gasteiger partial charge in [-0.05, 0) is 12.0 Å². The maximum Gasteiger partial charge on any atom is 0.466 e. The number of hydrogen-bond donors (Lipinski definition) is 4. The topological polar surface area (TPSA) is 168 Å². The van der Waals surface area contributed by atoms with Crippen LogP contribution in [-0.4, -0.2) is 29.9 Å². The molecule has 1 atom stereocenters. The van der Waals surface area contributed by atoms with Crippen LogP contribution < -0.4 is 0 Å². The Morgan fingerprint density at radius 2 is 2.25 bits per heavy atom. The van der Waals surface area contributed by atoms with Crippen molar-refractivity contribution in [3.05, 3.63) is 22.6 Å². The average molecular weight is 250 g/mol. The van der Waals surface area contributed by atoms with Gasteiger partial charge in [0, 0.05) is 4.91 Å². The number of nitrogens with zero attached hydrogens (tertiary/aromatic N) is 5. The van der Waals surface area contributed by atoms with E-state index in [1.165, 1.54) is 6.33 Å². The van der Waals surface area contributed by atoms with Crippen LogP contribution in [0.4, 0.5) is 0 Å². The summed E-state index contributed by atoms with van der Waals surface area (Å²) in [5.74, 6) is 0.547. The third-order valence-corrected chi connectivity index (χ3v) is 1.31. The molecule has 0 aromatic carbocycles. The summed E-state index contributed by atoms with van der Waals surface area (Å²) in [5, 5.41) is 9.88. The first-order chi connectivity index (χ1) is 7.38. The molecule has 0 bridgehead atoms. The fraction of sp³-hybridized carbons (Fsp3) is 0.600. The number of azide groups is 1. The average Bonchev–Trinajstić information content (AvgIpc) is 2.64. The van der Waals surface area contributed by atoms with Crippen molar-refractivity contribution in [1.82, 2.24) is 15.2 Å². The van der Waals surface area contributed by atoms with E-state index in [-0.39, 0.29) is 6.04 Å². The Balaban J connectivity index is 0.000000385. The van der Waals surface area contributed by atoms with Gasteiger partial charge >= 0.3 is 7.82 Å². The zero-order valence-electron chi connectivity index (χ0n) is 8.29. The lowest BCUT2D eigenvalue weighted by Gasteiger charge is -1.99. The smallest absolute Gasteiger partial charge is 0.303 e. The molecule has 0 aliphatic carbocycles. The van der Waals surface area contributed by atoms with Crippen LogP contribution in [-0.2, 0) is 4.57 Å². The molecule has 0 radical (unpaired) electrons. The van der Waals surface area contributed by atoms with Crippen LogP contribution in [0.1, 0.15) is 25.2 Å². The molecule has 1 rings (SSSR count). The van der Waals surface area contributed by atoms with E-state index >= 15 is 0 Å². The second kappa shape index (κ2) is 6.94. The third kappa shape index (κ3) is 7.92. The van der Waals surface area contributed by atoms with Crippen molar-refractivity contribution in [2.45, 2.75) is 19.4 Å². The van der Waals surface area contributed by atoms with E-state index < -0.39 is 7.82 Å². The van der Waals surface area contributed by atoms with E-state index in [9.17, 15) is 0 Å². The first-order valence-electron chi connectivity index (χ1n) is 4.06. The lowest BCUT2D eigenvalue weighted by molar-refractivity contribution is 0.275. The zero-order chi connectivity index (χ0) is 12.6. The Morgan fingerprint density at radius 3 is 2.56 bits per heavy atom. The van der Waals surface area contributed by atoms with Crippen LogP contribution in [0, 0.1) is 0 Å². The Labute approximate surface area is 90.2 Å². The molecule has 4 N–H and O–H groups in total. The van der Waals surface area contributed by atoms with Crippen LogP contribution in [0.2, 0.25) is 0 Å². The van der Waals surface area contributed by atoms with Gasteiger partial charge in [-0.3, -0.25) is 5.10 Å². The van der Waals surface area contributed by atoms with E-state index in [4.69, 9.17) is 24.8 Å². The first-order valence-corrected chi connectivity index (χ1v) is 5.63. The van der Waals surface area contributed by atoms with Crippen molar-refractivity contribution in [2.75, 3.05) is 0 Å². The van der Waals surface area contributed by atoms with Gasteiger partial charge in [0.1, 0.15) is 6.33 Å². The molecule has 0 aliphatic heterocycles. The molecular weight excluding hydrogens is 239 g/mol. The quantitative estimate of drug-likeness (QED) is 0.265. The van der Waals surface area contributed by atoms with Gasteiger partial charge in [0.2, 0.25) is 0 Å². The summed E-state index contributed by atoms with van der Waals surface area (Å²) >= 11 is 0. The van der Waals surface area contributed by atoms with Gasteiger partial charge < -0.3 is 14.7 Å². The van der Waals surface area contributed by atoms with Crippen molar-refractivity contribution in [2.24, 2.45) is 5.11 Å². The molecule has 11 heteroatoms. The monoisotopic (exact) mass is 250 g/mol. The molecule has 1 heterocycles. The molecule has 0 fully saturated rings. The summed E-state index contributed by atoms with van der Waals surface area (Å²) in [6.07, 6.45) is 2.17. The molecule has 1 aromatic rings. The van der Waals surface area contributed by atoms with Gasteiger partial charge in [-0.25, -0.2) is 9.55 Å². The normalized spacial score (nSPS) is 12.0. The number of hydrogen-bond acceptors (Lipinski definition) is 4. The summed E-state index contributed by atoms with van der Waals surface area (Å²) in [7, 11) is -4.64. The SMILES string of the molecule is CCC(N=[N+]=[N-])c1nc[nH]n1.O=P(O)(O)O. The van der Waals surface area contributed by atoms with E-state index in [1.54, 1.807) is 0 Å². The second-order valence-corrected chi connectivity index (χ2v) is 3.53. The predicted octanol–water partition coefficient (Wildman–Crippen LogP) is 0.637. The summed E-state index contributed by atoms with van der Waals surface area (Å²) in [6.45, 7) is 1.91. The van der Waals surface area contributed by atoms with Crippen molar-refractivity contribution in [3.63, 3.8) is 0 Å². The maximum absolute atomic E-state index is 8.88. The van der Waals surface area contributed by atoms with Gasteiger partial charge in [-0.15, -0.1) is 0 Å².